The molecule has 37 heavy (non-hydrogen) atoms. The highest BCUT2D eigenvalue weighted by atomic mass is 19.1. The van der Waals surface area contributed by atoms with Crippen molar-refractivity contribution in [3.05, 3.63) is 46.6 Å². The topological polar surface area (TPSA) is 102 Å². The van der Waals surface area contributed by atoms with Gasteiger partial charge in [0.2, 0.25) is 5.95 Å². The number of nitrogens with one attached hydrogen (secondary N) is 1. The van der Waals surface area contributed by atoms with E-state index in [9.17, 15) is 4.79 Å². The molecular weight excluding hydrogens is 473 g/mol. The minimum atomic E-state index is -0.272. The first kappa shape index (κ1) is 24.1. The molecule has 0 bridgehead atoms. The van der Waals surface area contributed by atoms with Crippen molar-refractivity contribution in [2.75, 3.05) is 55.3 Å². The molecule has 1 aliphatic carbocycles. The lowest BCUT2D eigenvalue weighted by atomic mass is 10.0. The van der Waals surface area contributed by atoms with Gasteiger partial charge < -0.3 is 20.7 Å². The molecule has 0 radical (unpaired) electrons. The summed E-state index contributed by atoms with van der Waals surface area (Å²) in [5, 5.41) is 3.84. The molecule has 10 heteroatoms. The average molecular weight is 508 g/mol. The highest BCUT2D eigenvalue weighted by Gasteiger charge is 2.27. The number of aromatic nitrogens is 3. The number of piperidine rings is 1. The molecule has 2 saturated heterocycles. The number of halogens is 1. The summed E-state index contributed by atoms with van der Waals surface area (Å²) in [5.74, 6) is 0.0492. The Hall–Kier alpha value is -3.24. The van der Waals surface area contributed by atoms with Gasteiger partial charge in [-0.25, -0.2) is 9.37 Å². The summed E-state index contributed by atoms with van der Waals surface area (Å²) >= 11 is 0. The van der Waals surface area contributed by atoms with Crippen molar-refractivity contribution >= 4 is 34.0 Å². The largest absolute Gasteiger partial charge is 0.394 e. The Bertz CT molecular complexity index is 1330. The molecule has 0 unspecified atom stereocenters. The summed E-state index contributed by atoms with van der Waals surface area (Å²) in [6.07, 6.45) is 7.74. The number of morpholine rings is 1. The van der Waals surface area contributed by atoms with E-state index in [0.717, 1.165) is 83.3 Å². The number of fused-ring (bicyclic) bond motifs is 1. The molecule has 3 aromatic rings. The lowest BCUT2D eigenvalue weighted by Crippen LogP contribution is -2.49. The zero-order valence-electron chi connectivity index (χ0n) is 21.0. The van der Waals surface area contributed by atoms with E-state index in [1.165, 1.54) is 6.07 Å². The molecule has 3 fully saturated rings. The molecule has 196 valence electrons. The Morgan fingerprint density at radius 1 is 1.00 bits per heavy atom. The van der Waals surface area contributed by atoms with Crippen LogP contribution in [0.15, 0.2) is 35.3 Å². The van der Waals surface area contributed by atoms with Gasteiger partial charge in [-0.05, 0) is 49.9 Å². The van der Waals surface area contributed by atoms with Crippen LogP contribution >= 0.6 is 0 Å². The van der Waals surface area contributed by atoms with Gasteiger partial charge in [0.25, 0.3) is 5.56 Å². The van der Waals surface area contributed by atoms with Crippen LogP contribution in [0.25, 0.3) is 11.0 Å². The molecular formula is C27H34FN7O2. The Morgan fingerprint density at radius 3 is 2.49 bits per heavy atom. The van der Waals surface area contributed by atoms with Crippen LogP contribution in [0.1, 0.15) is 44.6 Å². The zero-order valence-corrected chi connectivity index (χ0v) is 21.0. The number of hydrogen-bond acceptors (Lipinski definition) is 8. The van der Waals surface area contributed by atoms with Crippen molar-refractivity contribution < 1.29 is 9.13 Å². The van der Waals surface area contributed by atoms with Crippen LogP contribution in [0.3, 0.4) is 0 Å². The normalized spacial score (nSPS) is 20.1. The number of anilines is 4. The maximum atomic E-state index is 15.2. The second-order valence-corrected chi connectivity index (χ2v) is 10.3. The fraction of sp³-hybridized carbons (Fsp3) is 0.519. The summed E-state index contributed by atoms with van der Waals surface area (Å²) in [5.41, 5.74) is 7.73. The number of pyridine rings is 1. The Labute approximate surface area is 215 Å². The number of hydrogen-bond donors (Lipinski definition) is 2. The van der Waals surface area contributed by atoms with Crippen molar-refractivity contribution in [2.45, 2.75) is 50.6 Å². The third-order valence-corrected chi connectivity index (χ3v) is 8.06. The molecule has 4 heterocycles. The van der Waals surface area contributed by atoms with Crippen molar-refractivity contribution in [3.63, 3.8) is 0 Å². The second-order valence-electron chi connectivity index (χ2n) is 10.3. The van der Waals surface area contributed by atoms with Crippen molar-refractivity contribution in [1.29, 1.82) is 0 Å². The highest BCUT2D eigenvalue weighted by molar-refractivity contribution is 5.79. The number of nitrogen functional groups attached to an aromatic ring is 1. The SMILES string of the molecule is Nc1cc2cnc(Nc3ccc(N4CCC(N5CCOCC5)CC4)c(F)c3)nc2n(C2CCCC2)c1=O. The monoisotopic (exact) mass is 507 g/mol. The van der Waals surface area contributed by atoms with E-state index in [-0.39, 0.29) is 23.1 Å². The first-order valence-corrected chi connectivity index (χ1v) is 13.4. The quantitative estimate of drug-likeness (QED) is 0.540. The molecule has 1 aromatic carbocycles. The third kappa shape index (κ3) is 4.87. The maximum absolute atomic E-state index is 15.2. The van der Waals surface area contributed by atoms with Crippen LogP contribution in [-0.4, -0.2) is 64.9 Å². The van der Waals surface area contributed by atoms with Gasteiger partial charge in [0.15, 0.2) is 0 Å². The molecule has 3 N–H and O–H groups in total. The summed E-state index contributed by atoms with van der Waals surface area (Å²) in [4.78, 5) is 26.6. The van der Waals surface area contributed by atoms with Crippen molar-refractivity contribution in [3.8, 4) is 0 Å². The van der Waals surface area contributed by atoms with Gasteiger partial charge in [-0.2, -0.15) is 4.98 Å². The molecule has 2 aromatic heterocycles. The molecule has 0 atom stereocenters. The summed E-state index contributed by atoms with van der Waals surface area (Å²) in [7, 11) is 0. The lowest BCUT2D eigenvalue weighted by Gasteiger charge is -2.40. The van der Waals surface area contributed by atoms with E-state index in [4.69, 9.17) is 10.5 Å². The van der Waals surface area contributed by atoms with Gasteiger partial charge in [-0.15, -0.1) is 0 Å². The van der Waals surface area contributed by atoms with Crippen LogP contribution in [0.2, 0.25) is 0 Å². The van der Waals surface area contributed by atoms with Gasteiger partial charge in [0.1, 0.15) is 11.5 Å². The van der Waals surface area contributed by atoms with Gasteiger partial charge in [0, 0.05) is 55.5 Å². The first-order chi connectivity index (χ1) is 18.1. The molecule has 6 rings (SSSR count). The molecule has 1 saturated carbocycles. The molecule has 2 aliphatic heterocycles. The summed E-state index contributed by atoms with van der Waals surface area (Å²) in [6, 6.07) is 7.43. The lowest BCUT2D eigenvalue weighted by molar-refractivity contribution is 0.0115. The molecule has 0 spiro atoms. The fourth-order valence-corrected chi connectivity index (χ4v) is 6.09. The first-order valence-electron chi connectivity index (χ1n) is 13.4. The number of benzene rings is 1. The van der Waals surface area contributed by atoms with E-state index in [1.807, 2.05) is 12.1 Å². The molecule has 0 amide bonds. The zero-order chi connectivity index (χ0) is 25.4. The van der Waals surface area contributed by atoms with Gasteiger partial charge in [-0.1, -0.05) is 12.8 Å². The van der Waals surface area contributed by atoms with Crippen LogP contribution in [0.4, 0.5) is 27.4 Å². The summed E-state index contributed by atoms with van der Waals surface area (Å²) < 4.78 is 22.4. The van der Waals surface area contributed by atoms with Crippen LogP contribution in [-0.2, 0) is 4.74 Å². The van der Waals surface area contributed by atoms with E-state index >= 15 is 4.39 Å². The predicted octanol–water partition coefficient (Wildman–Crippen LogP) is 3.67. The van der Waals surface area contributed by atoms with Crippen LogP contribution in [0, 0.1) is 5.82 Å². The van der Waals surface area contributed by atoms with Gasteiger partial charge in [0.05, 0.1) is 24.6 Å². The Kier molecular flexibility index (Phi) is 6.69. The minimum Gasteiger partial charge on any atom is -0.394 e. The standard InChI is InChI=1S/C27H34FN7O2/c28-22-16-19(5-6-24(22)34-9-7-20(8-10-34)33-11-13-37-14-12-33)31-27-30-17-18-15-23(29)26(36)35(25(18)32-27)21-3-1-2-4-21/h5-6,15-17,20-21H,1-4,7-14,29H2,(H,30,31,32). The molecule has 9 nitrogen and oxygen atoms in total. The smallest absolute Gasteiger partial charge is 0.275 e. The van der Waals surface area contributed by atoms with E-state index in [2.05, 4.69) is 25.1 Å². The molecule has 3 aliphatic rings. The number of nitrogens with two attached hydrogens (primary N) is 1. The van der Waals surface area contributed by atoms with Crippen LogP contribution < -0.4 is 21.5 Å². The minimum absolute atomic E-state index is 0.0883. The van der Waals surface area contributed by atoms with E-state index < -0.39 is 0 Å². The van der Waals surface area contributed by atoms with E-state index in [1.54, 1.807) is 16.8 Å². The number of ether oxygens (including phenoxy) is 1. The van der Waals surface area contributed by atoms with E-state index in [0.29, 0.717) is 29.0 Å². The Balaban J connectivity index is 1.18. The predicted molar refractivity (Wildman–Crippen MR) is 143 cm³/mol. The Morgan fingerprint density at radius 2 is 1.76 bits per heavy atom. The maximum Gasteiger partial charge on any atom is 0.275 e. The summed E-state index contributed by atoms with van der Waals surface area (Å²) in [6.45, 7) is 5.25. The van der Waals surface area contributed by atoms with Crippen LogP contribution in [0.5, 0.6) is 0 Å². The number of rotatable bonds is 5. The highest BCUT2D eigenvalue weighted by Crippen LogP contribution is 2.32. The van der Waals surface area contributed by atoms with Gasteiger partial charge >= 0.3 is 0 Å². The van der Waals surface area contributed by atoms with Crippen molar-refractivity contribution in [1.82, 2.24) is 19.4 Å². The number of nitrogens with zero attached hydrogens (tertiary/aromatic N) is 5. The second kappa shape index (κ2) is 10.3. The average Bonchev–Trinajstić information content (AvgIpc) is 3.45. The third-order valence-electron chi connectivity index (χ3n) is 8.06. The fourth-order valence-electron chi connectivity index (χ4n) is 6.09. The van der Waals surface area contributed by atoms with Crippen molar-refractivity contribution in [2.24, 2.45) is 0 Å². The van der Waals surface area contributed by atoms with Gasteiger partial charge in [-0.3, -0.25) is 14.3 Å².